The normalized spacial score (nSPS) is 21.3. The SMILES string of the molecule is NC[C@H]1CC[C@@H](C(=O)Nc2cc(F)ccc2OCC(F)(F)F)O1. The lowest BCUT2D eigenvalue weighted by atomic mass is 10.2. The van der Waals surface area contributed by atoms with E-state index in [1.165, 1.54) is 0 Å². The molecule has 0 bridgehead atoms. The predicted molar refractivity (Wildman–Crippen MR) is 73.5 cm³/mol. The maximum Gasteiger partial charge on any atom is 0.422 e. The first-order valence-electron chi connectivity index (χ1n) is 6.94. The van der Waals surface area contributed by atoms with Gasteiger partial charge in [0.2, 0.25) is 0 Å². The van der Waals surface area contributed by atoms with Crippen LogP contribution >= 0.6 is 0 Å². The Kier molecular flexibility index (Phi) is 5.42. The first-order chi connectivity index (χ1) is 10.8. The van der Waals surface area contributed by atoms with Crippen molar-refractivity contribution < 1.29 is 31.8 Å². The minimum atomic E-state index is -4.54. The monoisotopic (exact) mass is 336 g/mol. The molecule has 0 aromatic heterocycles. The van der Waals surface area contributed by atoms with Crippen molar-refractivity contribution in [3.8, 4) is 5.75 Å². The summed E-state index contributed by atoms with van der Waals surface area (Å²) < 4.78 is 59.9. The van der Waals surface area contributed by atoms with E-state index in [-0.39, 0.29) is 24.1 Å². The van der Waals surface area contributed by atoms with Crippen molar-refractivity contribution in [2.45, 2.75) is 31.2 Å². The highest BCUT2D eigenvalue weighted by molar-refractivity contribution is 5.95. The lowest BCUT2D eigenvalue weighted by molar-refractivity contribution is -0.153. The highest BCUT2D eigenvalue weighted by atomic mass is 19.4. The molecule has 5 nitrogen and oxygen atoms in total. The Morgan fingerprint density at radius 1 is 1.39 bits per heavy atom. The third-order valence-corrected chi connectivity index (χ3v) is 3.25. The maximum absolute atomic E-state index is 13.3. The van der Waals surface area contributed by atoms with Gasteiger partial charge in [0.05, 0.1) is 11.8 Å². The molecule has 0 radical (unpaired) electrons. The molecular weight excluding hydrogens is 320 g/mol. The van der Waals surface area contributed by atoms with Gasteiger partial charge in [0.15, 0.2) is 6.61 Å². The fraction of sp³-hybridized carbons (Fsp3) is 0.500. The van der Waals surface area contributed by atoms with Gasteiger partial charge in [0, 0.05) is 12.6 Å². The predicted octanol–water partition coefficient (Wildman–Crippen LogP) is 2.21. The second-order valence-corrected chi connectivity index (χ2v) is 5.09. The van der Waals surface area contributed by atoms with Crippen molar-refractivity contribution in [1.29, 1.82) is 0 Å². The van der Waals surface area contributed by atoms with Gasteiger partial charge >= 0.3 is 6.18 Å². The summed E-state index contributed by atoms with van der Waals surface area (Å²) >= 11 is 0. The number of hydrogen-bond donors (Lipinski definition) is 2. The summed E-state index contributed by atoms with van der Waals surface area (Å²) in [5, 5.41) is 2.34. The summed E-state index contributed by atoms with van der Waals surface area (Å²) in [6.07, 6.45) is -4.52. The van der Waals surface area contributed by atoms with Crippen molar-refractivity contribution in [2.24, 2.45) is 5.73 Å². The van der Waals surface area contributed by atoms with Crippen molar-refractivity contribution in [1.82, 2.24) is 0 Å². The maximum atomic E-state index is 13.3. The van der Waals surface area contributed by atoms with Gasteiger partial charge in [0.1, 0.15) is 17.7 Å². The number of nitrogens with one attached hydrogen (secondary N) is 1. The smallest absolute Gasteiger partial charge is 0.422 e. The Hall–Kier alpha value is -1.87. The third-order valence-electron chi connectivity index (χ3n) is 3.25. The minimum absolute atomic E-state index is 0.181. The highest BCUT2D eigenvalue weighted by Crippen LogP contribution is 2.29. The van der Waals surface area contributed by atoms with Crippen molar-refractivity contribution in [3.05, 3.63) is 24.0 Å². The summed E-state index contributed by atoms with van der Waals surface area (Å²) in [7, 11) is 0. The van der Waals surface area contributed by atoms with E-state index >= 15 is 0 Å². The molecule has 0 aliphatic carbocycles. The van der Waals surface area contributed by atoms with E-state index in [1.54, 1.807) is 0 Å². The van der Waals surface area contributed by atoms with E-state index in [1.807, 2.05) is 0 Å². The molecule has 1 amide bonds. The lowest BCUT2D eigenvalue weighted by Gasteiger charge is -2.16. The molecule has 0 spiro atoms. The Bertz CT molecular complexity index is 565. The average Bonchev–Trinajstić information content (AvgIpc) is 2.94. The largest absolute Gasteiger partial charge is 0.482 e. The van der Waals surface area contributed by atoms with Gasteiger partial charge in [-0.3, -0.25) is 4.79 Å². The highest BCUT2D eigenvalue weighted by Gasteiger charge is 2.31. The molecule has 3 N–H and O–H groups in total. The first-order valence-corrected chi connectivity index (χ1v) is 6.94. The molecular formula is C14H16F4N2O3. The topological polar surface area (TPSA) is 73.6 Å². The number of carbonyl (C=O) groups is 1. The zero-order valence-electron chi connectivity index (χ0n) is 12.0. The summed E-state index contributed by atoms with van der Waals surface area (Å²) in [5.74, 6) is -1.57. The van der Waals surface area contributed by atoms with Crippen LogP contribution in [0.3, 0.4) is 0 Å². The fourth-order valence-electron chi connectivity index (χ4n) is 2.17. The Balaban J connectivity index is 2.06. The van der Waals surface area contributed by atoms with Gasteiger partial charge in [-0.05, 0) is 25.0 Å². The van der Waals surface area contributed by atoms with Gasteiger partial charge in [-0.1, -0.05) is 0 Å². The van der Waals surface area contributed by atoms with Gasteiger partial charge in [-0.25, -0.2) is 4.39 Å². The first kappa shape index (κ1) is 17.5. The zero-order chi connectivity index (χ0) is 17.0. The summed E-state index contributed by atoms with van der Waals surface area (Å²) in [4.78, 5) is 12.1. The lowest BCUT2D eigenvalue weighted by Crippen LogP contribution is -2.30. The van der Waals surface area contributed by atoms with Crippen LogP contribution in [0.4, 0.5) is 23.2 Å². The van der Waals surface area contributed by atoms with E-state index in [2.05, 4.69) is 10.1 Å². The van der Waals surface area contributed by atoms with Crippen LogP contribution in [0.5, 0.6) is 5.75 Å². The summed E-state index contributed by atoms with van der Waals surface area (Å²) in [5.41, 5.74) is 5.26. The molecule has 23 heavy (non-hydrogen) atoms. The van der Waals surface area contributed by atoms with Crippen LogP contribution in [-0.2, 0) is 9.53 Å². The molecule has 1 aromatic rings. The van der Waals surface area contributed by atoms with Crippen LogP contribution in [0.1, 0.15) is 12.8 Å². The van der Waals surface area contributed by atoms with E-state index < -0.39 is 30.6 Å². The van der Waals surface area contributed by atoms with Crippen LogP contribution in [0.25, 0.3) is 0 Å². The zero-order valence-corrected chi connectivity index (χ0v) is 12.0. The molecule has 0 saturated carbocycles. The molecule has 0 unspecified atom stereocenters. The van der Waals surface area contributed by atoms with Crippen molar-refractivity contribution >= 4 is 11.6 Å². The molecule has 2 atom stereocenters. The fourth-order valence-corrected chi connectivity index (χ4v) is 2.17. The third kappa shape index (κ3) is 5.07. The van der Waals surface area contributed by atoms with Crippen molar-refractivity contribution in [3.63, 3.8) is 0 Å². The number of anilines is 1. The molecule has 1 aliphatic rings. The number of ether oxygens (including phenoxy) is 2. The number of amides is 1. The van der Waals surface area contributed by atoms with Gasteiger partial charge < -0.3 is 20.5 Å². The molecule has 1 aromatic carbocycles. The second kappa shape index (κ2) is 7.14. The van der Waals surface area contributed by atoms with Crippen LogP contribution in [-0.4, -0.2) is 37.4 Å². The molecule has 2 rings (SSSR count). The molecule has 9 heteroatoms. The minimum Gasteiger partial charge on any atom is -0.482 e. The Morgan fingerprint density at radius 2 is 2.13 bits per heavy atom. The quantitative estimate of drug-likeness (QED) is 0.809. The van der Waals surface area contributed by atoms with Gasteiger partial charge in [-0.2, -0.15) is 13.2 Å². The van der Waals surface area contributed by atoms with E-state index in [4.69, 9.17) is 10.5 Å². The molecule has 1 fully saturated rings. The number of rotatable bonds is 5. The Morgan fingerprint density at radius 3 is 2.74 bits per heavy atom. The summed E-state index contributed by atoms with van der Waals surface area (Å²) in [6.45, 7) is -1.28. The number of nitrogens with two attached hydrogens (primary N) is 1. The van der Waals surface area contributed by atoms with Crippen LogP contribution in [0.15, 0.2) is 18.2 Å². The molecule has 1 saturated heterocycles. The number of benzene rings is 1. The van der Waals surface area contributed by atoms with Crippen molar-refractivity contribution in [2.75, 3.05) is 18.5 Å². The number of halogens is 4. The molecule has 1 aliphatic heterocycles. The standard InChI is InChI=1S/C14H16F4N2O3/c15-8-1-3-11(22-7-14(16,17)18)10(5-8)20-13(21)12-4-2-9(6-19)23-12/h1,3,5,9,12H,2,4,6-7,19H2,(H,20,21)/t9-,12+/m1/s1. The number of carbonyl (C=O) groups excluding carboxylic acids is 1. The second-order valence-electron chi connectivity index (χ2n) is 5.09. The van der Waals surface area contributed by atoms with Gasteiger partial charge in [-0.15, -0.1) is 0 Å². The molecule has 1 heterocycles. The average molecular weight is 336 g/mol. The van der Waals surface area contributed by atoms with Crippen LogP contribution in [0, 0.1) is 5.82 Å². The summed E-state index contributed by atoms with van der Waals surface area (Å²) in [6, 6.07) is 2.85. The number of hydrogen-bond acceptors (Lipinski definition) is 4. The van der Waals surface area contributed by atoms with Crippen LogP contribution < -0.4 is 15.8 Å². The Labute approximate surface area is 129 Å². The van der Waals surface area contributed by atoms with E-state index in [0.29, 0.717) is 12.8 Å². The van der Waals surface area contributed by atoms with E-state index in [0.717, 1.165) is 18.2 Å². The molecule has 128 valence electrons. The van der Waals surface area contributed by atoms with E-state index in [9.17, 15) is 22.4 Å². The number of alkyl halides is 3. The van der Waals surface area contributed by atoms with Crippen LogP contribution in [0.2, 0.25) is 0 Å². The van der Waals surface area contributed by atoms with Gasteiger partial charge in [0.25, 0.3) is 5.91 Å².